The van der Waals surface area contributed by atoms with Gasteiger partial charge in [0, 0.05) is 7.05 Å². The van der Waals surface area contributed by atoms with Gasteiger partial charge >= 0.3 is 0 Å². The molecule has 0 unspecified atom stereocenters. The first kappa shape index (κ1) is 11.0. The Bertz CT molecular complexity index is 569. The normalized spacial score (nSPS) is 9.71. The van der Waals surface area contributed by atoms with Crippen LogP contribution in [0.5, 0.6) is 5.75 Å². The summed E-state index contributed by atoms with van der Waals surface area (Å²) in [6.07, 6.45) is 0. The average Bonchev–Trinajstić information content (AvgIpc) is 2.81. The number of nitrogens with zero attached hydrogens (tertiary/aromatic N) is 2. The molecule has 2 aromatic rings. The van der Waals surface area contributed by atoms with Crippen molar-refractivity contribution in [3.8, 4) is 23.3 Å². The van der Waals surface area contributed by atoms with E-state index in [1.54, 1.807) is 14.2 Å². The summed E-state index contributed by atoms with van der Waals surface area (Å²) in [5.74, 6) is 1.37. The van der Waals surface area contributed by atoms with Crippen molar-refractivity contribution in [2.75, 3.05) is 19.5 Å². The predicted octanol–water partition coefficient (Wildman–Crippen LogP) is 2.26. The molecule has 0 aliphatic rings. The number of methoxy groups -OCH3 is 1. The summed E-state index contributed by atoms with van der Waals surface area (Å²) in [5, 5.41) is 11.7. The van der Waals surface area contributed by atoms with Crippen molar-refractivity contribution in [1.82, 2.24) is 4.98 Å². The van der Waals surface area contributed by atoms with E-state index >= 15 is 0 Å². The Balaban J connectivity index is 2.54. The smallest absolute Gasteiger partial charge is 0.233 e. The minimum atomic E-state index is 0.230. The number of para-hydroxylation sites is 1. The van der Waals surface area contributed by atoms with Gasteiger partial charge in [-0.2, -0.15) is 10.2 Å². The fourth-order valence-electron chi connectivity index (χ4n) is 1.50. The number of rotatable bonds is 3. The molecule has 0 amide bonds. The highest BCUT2D eigenvalue weighted by atomic mass is 16.5. The van der Waals surface area contributed by atoms with E-state index in [9.17, 15) is 0 Å². The third-order valence-corrected chi connectivity index (χ3v) is 2.30. The van der Waals surface area contributed by atoms with Crippen molar-refractivity contribution in [2.45, 2.75) is 0 Å². The maximum Gasteiger partial charge on any atom is 0.233 e. The fourth-order valence-corrected chi connectivity index (χ4v) is 1.50. The fraction of sp³-hybridized carbons (Fsp3) is 0.167. The third-order valence-electron chi connectivity index (χ3n) is 2.30. The quantitative estimate of drug-likeness (QED) is 0.874. The monoisotopic (exact) mass is 229 g/mol. The minimum Gasteiger partial charge on any atom is -0.496 e. The molecule has 0 radical (unpaired) electrons. The molecule has 0 atom stereocenters. The molecule has 86 valence electrons. The van der Waals surface area contributed by atoms with E-state index < -0.39 is 0 Å². The van der Waals surface area contributed by atoms with Gasteiger partial charge < -0.3 is 14.5 Å². The van der Waals surface area contributed by atoms with E-state index in [-0.39, 0.29) is 5.69 Å². The van der Waals surface area contributed by atoms with Crippen molar-refractivity contribution in [3.63, 3.8) is 0 Å². The molecule has 17 heavy (non-hydrogen) atoms. The Hall–Kier alpha value is -2.48. The summed E-state index contributed by atoms with van der Waals surface area (Å²) in [6.45, 7) is 0. The van der Waals surface area contributed by atoms with Crippen LogP contribution in [0.2, 0.25) is 0 Å². The van der Waals surface area contributed by atoms with Crippen LogP contribution in [0.3, 0.4) is 0 Å². The van der Waals surface area contributed by atoms with Gasteiger partial charge in [-0.05, 0) is 12.1 Å². The SMILES string of the molecule is CNc1oc(-c2ccccc2OC)nc1C#N. The number of hydrogen-bond donors (Lipinski definition) is 1. The molecule has 5 nitrogen and oxygen atoms in total. The van der Waals surface area contributed by atoms with E-state index in [1.165, 1.54) is 0 Å². The second kappa shape index (κ2) is 4.58. The Morgan fingerprint density at radius 1 is 1.41 bits per heavy atom. The Kier molecular flexibility index (Phi) is 2.97. The molecular formula is C12H11N3O2. The summed E-state index contributed by atoms with van der Waals surface area (Å²) in [4.78, 5) is 4.11. The number of anilines is 1. The summed E-state index contributed by atoms with van der Waals surface area (Å²) < 4.78 is 10.7. The zero-order chi connectivity index (χ0) is 12.3. The lowest BCUT2D eigenvalue weighted by Gasteiger charge is -2.03. The molecule has 0 saturated carbocycles. The van der Waals surface area contributed by atoms with Gasteiger partial charge in [-0.1, -0.05) is 12.1 Å². The highest BCUT2D eigenvalue weighted by Gasteiger charge is 2.15. The van der Waals surface area contributed by atoms with Gasteiger partial charge in [0.15, 0.2) is 0 Å². The second-order valence-corrected chi connectivity index (χ2v) is 3.26. The average molecular weight is 229 g/mol. The molecule has 1 N–H and O–H groups in total. The van der Waals surface area contributed by atoms with Crippen LogP contribution in [0.25, 0.3) is 11.5 Å². The molecule has 1 aromatic heterocycles. The molecule has 0 saturated heterocycles. The van der Waals surface area contributed by atoms with Crippen molar-refractivity contribution in [3.05, 3.63) is 30.0 Å². The van der Waals surface area contributed by atoms with Crippen LogP contribution >= 0.6 is 0 Å². The Labute approximate surface area is 98.7 Å². The summed E-state index contributed by atoms with van der Waals surface area (Å²) in [5.41, 5.74) is 0.946. The molecule has 0 spiro atoms. The van der Waals surface area contributed by atoms with Gasteiger partial charge in [-0.3, -0.25) is 0 Å². The first-order valence-electron chi connectivity index (χ1n) is 5.02. The van der Waals surface area contributed by atoms with Crippen LogP contribution in [-0.4, -0.2) is 19.1 Å². The van der Waals surface area contributed by atoms with Crippen molar-refractivity contribution in [2.24, 2.45) is 0 Å². The third kappa shape index (κ3) is 1.93. The minimum absolute atomic E-state index is 0.230. The Morgan fingerprint density at radius 2 is 2.18 bits per heavy atom. The summed E-state index contributed by atoms with van der Waals surface area (Å²) in [6, 6.07) is 9.31. The maximum absolute atomic E-state index is 8.89. The molecule has 0 aliphatic carbocycles. The zero-order valence-corrected chi connectivity index (χ0v) is 9.52. The van der Waals surface area contributed by atoms with Gasteiger partial charge in [-0.15, -0.1) is 0 Å². The number of nitriles is 1. The van der Waals surface area contributed by atoms with E-state index in [1.807, 2.05) is 30.3 Å². The van der Waals surface area contributed by atoms with Gasteiger partial charge in [0.25, 0.3) is 0 Å². The largest absolute Gasteiger partial charge is 0.496 e. The van der Waals surface area contributed by atoms with Gasteiger partial charge in [0.1, 0.15) is 11.8 Å². The topological polar surface area (TPSA) is 71.1 Å². The van der Waals surface area contributed by atoms with Gasteiger partial charge in [0.2, 0.25) is 17.5 Å². The number of aromatic nitrogens is 1. The number of nitrogens with one attached hydrogen (secondary N) is 1. The standard InChI is InChI=1S/C12H11N3O2/c1-14-12-9(7-13)15-11(17-12)8-5-3-4-6-10(8)16-2/h3-6,14H,1-2H3. The Morgan fingerprint density at radius 3 is 2.76 bits per heavy atom. The van der Waals surface area contributed by atoms with Crippen LogP contribution in [0.15, 0.2) is 28.7 Å². The lowest BCUT2D eigenvalue weighted by Crippen LogP contribution is -1.87. The van der Waals surface area contributed by atoms with Crippen LogP contribution in [-0.2, 0) is 0 Å². The highest BCUT2D eigenvalue weighted by molar-refractivity contribution is 5.65. The predicted molar refractivity (Wildman–Crippen MR) is 62.8 cm³/mol. The maximum atomic E-state index is 8.89. The van der Waals surface area contributed by atoms with Crippen molar-refractivity contribution in [1.29, 1.82) is 5.26 Å². The zero-order valence-electron chi connectivity index (χ0n) is 9.52. The molecular weight excluding hydrogens is 218 g/mol. The van der Waals surface area contributed by atoms with E-state index in [4.69, 9.17) is 14.4 Å². The number of oxazole rings is 1. The highest BCUT2D eigenvalue weighted by Crippen LogP contribution is 2.31. The molecule has 2 rings (SSSR count). The van der Waals surface area contributed by atoms with Crippen LogP contribution in [0, 0.1) is 11.3 Å². The van der Waals surface area contributed by atoms with Crippen LogP contribution in [0.4, 0.5) is 5.88 Å². The first-order valence-corrected chi connectivity index (χ1v) is 5.02. The van der Waals surface area contributed by atoms with E-state index in [0.29, 0.717) is 23.1 Å². The van der Waals surface area contributed by atoms with Crippen LogP contribution < -0.4 is 10.1 Å². The van der Waals surface area contributed by atoms with Crippen molar-refractivity contribution < 1.29 is 9.15 Å². The molecule has 0 fully saturated rings. The summed E-state index contributed by atoms with van der Waals surface area (Å²) >= 11 is 0. The lowest BCUT2D eigenvalue weighted by molar-refractivity contribution is 0.414. The number of benzene rings is 1. The number of ether oxygens (including phenoxy) is 1. The molecule has 5 heteroatoms. The molecule has 1 aromatic carbocycles. The summed E-state index contributed by atoms with van der Waals surface area (Å²) in [7, 11) is 3.25. The molecule has 0 aliphatic heterocycles. The van der Waals surface area contributed by atoms with Crippen LogP contribution in [0.1, 0.15) is 5.69 Å². The second-order valence-electron chi connectivity index (χ2n) is 3.26. The van der Waals surface area contributed by atoms with Crippen molar-refractivity contribution >= 4 is 5.88 Å². The van der Waals surface area contributed by atoms with Gasteiger partial charge in [-0.25, -0.2) is 0 Å². The van der Waals surface area contributed by atoms with Gasteiger partial charge in [0.05, 0.1) is 12.7 Å². The molecule has 0 bridgehead atoms. The number of hydrogen-bond acceptors (Lipinski definition) is 5. The lowest BCUT2D eigenvalue weighted by atomic mass is 10.2. The molecule has 1 heterocycles. The van der Waals surface area contributed by atoms with E-state index in [0.717, 1.165) is 0 Å². The van der Waals surface area contributed by atoms with E-state index in [2.05, 4.69) is 10.3 Å². The first-order chi connectivity index (χ1) is 8.30.